The Morgan fingerprint density at radius 1 is 1.28 bits per heavy atom. The van der Waals surface area contributed by atoms with Crippen LogP contribution in [0.25, 0.3) is 0 Å². The van der Waals surface area contributed by atoms with E-state index in [1.807, 2.05) is 12.1 Å². The largest absolute Gasteiger partial charge is 0.543 e. The maximum atomic E-state index is 10.9. The van der Waals surface area contributed by atoms with Crippen LogP contribution in [0.2, 0.25) is 18.1 Å². The van der Waals surface area contributed by atoms with Gasteiger partial charge in [0.2, 0.25) is 8.32 Å². The number of carboxylic acids is 1. The first kappa shape index (κ1) is 20.0. The van der Waals surface area contributed by atoms with E-state index in [0.717, 1.165) is 24.2 Å². The second-order valence-electron chi connectivity index (χ2n) is 8.77. The lowest BCUT2D eigenvalue weighted by atomic mass is 9.93. The molecule has 1 aliphatic rings. The Morgan fingerprint density at radius 2 is 1.88 bits per heavy atom. The summed E-state index contributed by atoms with van der Waals surface area (Å²) in [5, 5.41) is 18.7. The molecule has 1 aliphatic carbocycles. The maximum Gasteiger partial charge on any atom is 0.332 e. The van der Waals surface area contributed by atoms with Crippen LogP contribution < -0.4 is 4.43 Å². The van der Waals surface area contributed by atoms with E-state index >= 15 is 0 Å². The second-order valence-corrected chi connectivity index (χ2v) is 13.5. The summed E-state index contributed by atoms with van der Waals surface area (Å²) in [5.74, 6) is 0.248. The molecule has 0 radical (unpaired) electrons. The van der Waals surface area contributed by atoms with Crippen molar-refractivity contribution in [1.82, 2.24) is 0 Å². The molecule has 2 rings (SSSR count). The topological polar surface area (TPSA) is 66.8 Å². The van der Waals surface area contributed by atoms with Gasteiger partial charge in [-0.3, -0.25) is 0 Å². The summed E-state index contributed by atoms with van der Waals surface area (Å²) in [6, 6.07) is 5.94. The smallest absolute Gasteiger partial charge is 0.332 e. The Hall–Kier alpha value is -1.33. The monoisotopic (exact) mass is 364 g/mol. The van der Waals surface area contributed by atoms with E-state index in [1.54, 1.807) is 0 Å². The lowest BCUT2D eigenvalue weighted by Crippen LogP contribution is -2.44. The second kappa shape index (κ2) is 7.50. The summed E-state index contributed by atoms with van der Waals surface area (Å²) in [5.41, 5.74) is 2.05. The van der Waals surface area contributed by atoms with Crippen LogP contribution in [-0.2, 0) is 11.2 Å². The number of hydrogen-bond donors (Lipinski definition) is 2. The van der Waals surface area contributed by atoms with Gasteiger partial charge in [-0.2, -0.15) is 0 Å². The summed E-state index contributed by atoms with van der Waals surface area (Å²) in [7, 11) is -1.94. The van der Waals surface area contributed by atoms with Crippen LogP contribution in [0.15, 0.2) is 18.2 Å². The van der Waals surface area contributed by atoms with Crippen molar-refractivity contribution in [3.8, 4) is 5.75 Å². The van der Waals surface area contributed by atoms with Gasteiger partial charge in [0.05, 0.1) is 0 Å². The standard InChI is InChI=1S/C20H32O4Si/c1-20(2,3)25(4,5)24-18-11-10-14(13-17(21)19(22)23)12-16(18)15-8-6-7-9-15/h10-12,15,17,21H,6-9,13H2,1-5H3,(H,22,23)/t17-/m1/s1. The molecule has 1 atom stereocenters. The first-order valence-electron chi connectivity index (χ1n) is 9.24. The molecular weight excluding hydrogens is 332 g/mol. The van der Waals surface area contributed by atoms with Gasteiger partial charge in [-0.25, -0.2) is 4.79 Å². The van der Waals surface area contributed by atoms with Crippen molar-refractivity contribution in [2.45, 2.75) is 83.0 Å². The van der Waals surface area contributed by atoms with Crippen LogP contribution in [0.5, 0.6) is 5.75 Å². The Kier molecular flexibility index (Phi) is 6.00. The molecule has 1 fully saturated rings. The molecule has 0 saturated heterocycles. The minimum absolute atomic E-state index is 0.123. The minimum Gasteiger partial charge on any atom is -0.543 e. The predicted molar refractivity (Wildman–Crippen MR) is 103 cm³/mol. The fourth-order valence-electron chi connectivity index (χ4n) is 3.11. The van der Waals surface area contributed by atoms with Crippen molar-refractivity contribution in [2.75, 3.05) is 0 Å². The summed E-state index contributed by atoms with van der Waals surface area (Å²) in [4.78, 5) is 10.9. The molecule has 2 N–H and O–H groups in total. The van der Waals surface area contributed by atoms with Crippen molar-refractivity contribution >= 4 is 14.3 Å². The number of aliphatic hydroxyl groups excluding tert-OH is 1. The normalized spacial score (nSPS) is 17.5. The highest BCUT2D eigenvalue weighted by Crippen LogP contribution is 2.43. The van der Waals surface area contributed by atoms with Gasteiger partial charge in [-0.05, 0) is 54.1 Å². The maximum absolute atomic E-state index is 10.9. The Labute approximate surface area is 152 Å². The number of rotatable bonds is 6. The quantitative estimate of drug-likeness (QED) is 0.717. The molecule has 0 aromatic heterocycles. The fourth-order valence-corrected chi connectivity index (χ4v) is 4.15. The van der Waals surface area contributed by atoms with Gasteiger partial charge in [0, 0.05) is 6.42 Å². The molecule has 1 aromatic rings. The Balaban J connectivity index is 2.33. The van der Waals surface area contributed by atoms with Crippen molar-refractivity contribution in [2.24, 2.45) is 0 Å². The third-order valence-corrected chi connectivity index (χ3v) is 10.1. The first-order valence-corrected chi connectivity index (χ1v) is 12.1. The number of carbonyl (C=O) groups is 1. The number of hydrogen-bond acceptors (Lipinski definition) is 3. The highest BCUT2D eigenvalue weighted by molar-refractivity contribution is 6.74. The predicted octanol–water partition coefficient (Wildman–Crippen LogP) is 4.72. The first-order chi connectivity index (χ1) is 11.5. The van der Waals surface area contributed by atoms with Gasteiger partial charge in [0.25, 0.3) is 0 Å². The minimum atomic E-state index is -1.94. The van der Waals surface area contributed by atoms with Gasteiger partial charge in [0.1, 0.15) is 5.75 Å². The molecule has 4 nitrogen and oxygen atoms in total. The lowest BCUT2D eigenvalue weighted by Gasteiger charge is -2.37. The summed E-state index contributed by atoms with van der Waals surface area (Å²) in [6.45, 7) is 11.2. The molecule has 0 unspecified atom stereocenters. The number of carboxylic acid groups (broad SMARTS) is 1. The summed E-state index contributed by atoms with van der Waals surface area (Å²) >= 11 is 0. The van der Waals surface area contributed by atoms with Crippen molar-refractivity contribution < 1.29 is 19.4 Å². The summed E-state index contributed by atoms with van der Waals surface area (Å²) in [6.07, 6.45) is 3.54. The molecule has 0 spiro atoms. The highest BCUT2D eigenvalue weighted by atomic mass is 28.4. The zero-order valence-electron chi connectivity index (χ0n) is 16.1. The Morgan fingerprint density at radius 3 is 2.40 bits per heavy atom. The average Bonchev–Trinajstić information content (AvgIpc) is 3.01. The number of aliphatic hydroxyl groups is 1. The van der Waals surface area contributed by atoms with Gasteiger partial charge >= 0.3 is 5.97 Å². The molecule has 0 amide bonds. The van der Waals surface area contributed by atoms with Crippen molar-refractivity contribution in [3.05, 3.63) is 29.3 Å². The van der Waals surface area contributed by atoms with Crippen LogP contribution in [-0.4, -0.2) is 30.6 Å². The highest BCUT2D eigenvalue weighted by Gasteiger charge is 2.39. The van der Waals surface area contributed by atoms with Gasteiger partial charge in [0.15, 0.2) is 6.10 Å². The van der Waals surface area contributed by atoms with Gasteiger partial charge in [-0.15, -0.1) is 0 Å². The molecular formula is C20H32O4Si. The third-order valence-electron chi connectivity index (χ3n) is 5.75. The molecule has 0 heterocycles. The summed E-state index contributed by atoms with van der Waals surface area (Å²) < 4.78 is 6.58. The van der Waals surface area contributed by atoms with Crippen LogP contribution in [0.1, 0.15) is 63.5 Å². The zero-order valence-corrected chi connectivity index (χ0v) is 17.1. The van der Waals surface area contributed by atoms with Crippen LogP contribution >= 0.6 is 0 Å². The van der Waals surface area contributed by atoms with Crippen LogP contribution in [0, 0.1) is 0 Å². The lowest BCUT2D eigenvalue weighted by molar-refractivity contribution is -0.146. The zero-order chi connectivity index (χ0) is 18.8. The molecule has 5 heteroatoms. The van der Waals surface area contributed by atoms with Crippen molar-refractivity contribution in [3.63, 3.8) is 0 Å². The van der Waals surface area contributed by atoms with E-state index in [0.29, 0.717) is 5.92 Å². The number of aliphatic carboxylic acids is 1. The molecule has 0 aliphatic heterocycles. The van der Waals surface area contributed by atoms with Crippen LogP contribution in [0.3, 0.4) is 0 Å². The van der Waals surface area contributed by atoms with E-state index in [4.69, 9.17) is 9.53 Å². The molecule has 1 saturated carbocycles. The molecule has 140 valence electrons. The van der Waals surface area contributed by atoms with E-state index in [9.17, 15) is 9.90 Å². The molecule has 0 bridgehead atoms. The Bertz CT molecular complexity index is 613. The molecule has 25 heavy (non-hydrogen) atoms. The van der Waals surface area contributed by atoms with E-state index in [-0.39, 0.29) is 11.5 Å². The third kappa shape index (κ3) is 4.85. The number of benzene rings is 1. The van der Waals surface area contributed by atoms with E-state index in [1.165, 1.54) is 18.4 Å². The average molecular weight is 365 g/mol. The SMILES string of the molecule is CC(C)(C)[Si](C)(C)Oc1ccc(C[C@@H](O)C(=O)O)cc1C1CCCC1. The molecule has 1 aromatic carbocycles. The fraction of sp³-hybridized carbons (Fsp3) is 0.650. The van der Waals surface area contributed by atoms with Crippen molar-refractivity contribution in [1.29, 1.82) is 0 Å². The van der Waals surface area contributed by atoms with Gasteiger partial charge in [-0.1, -0.05) is 45.7 Å². The van der Waals surface area contributed by atoms with Crippen LogP contribution in [0.4, 0.5) is 0 Å². The van der Waals surface area contributed by atoms with E-state index in [2.05, 4.69) is 39.9 Å². The van der Waals surface area contributed by atoms with Gasteiger partial charge < -0.3 is 14.6 Å². The van der Waals surface area contributed by atoms with E-state index < -0.39 is 20.4 Å².